The van der Waals surface area contributed by atoms with Crippen molar-refractivity contribution in [1.29, 1.82) is 0 Å². The number of ether oxygens (including phenoxy) is 1. The molecule has 2 aliphatic rings. The highest BCUT2D eigenvalue weighted by Crippen LogP contribution is 2.34. The van der Waals surface area contributed by atoms with Gasteiger partial charge in [-0.3, -0.25) is 9.59 Å². The number of carbonyl (C=O) groups excluding carboxylic acids is 2. The largest absolute Gasteiger partial charge is 0.415 e. The molecule has 182 valence electrons. The van der Waals surface area contributed by atoms with Gasteiger partial charge in [0, 0.05) is 23.3 Å². The molecule has 0 saturated carbocycles. The fraction of sp³-hybridized carbons (Fsp3) is 0.304. The Kier molecular flexibility index (Phi) is 6.20. The van der Waals surface area contributed by atoms with Gasteiger partial charge in [0.25, 0.3) is 17.7 Å². The average molecular weight is 507 g/mol. The van der Waals surface area contributed by atoms with Gasteiger partial charge in [0.15, 0.2) is 0 Å². The van der Waals surface area contributed by atoms with E-state index < -0.39 is 42.0 Å². The molecule has 35 heavy (non-hydrogen) atoms. The van der Waals surface area contributed by atoms with Crippen molar-refractivity contribution < 1.29 is 31.9 Å². The second kappa shape index (κ2) is 9.31. The summed E-state index contributed by atoms with van der Waals surface area (Å²) in [7, 11) is 0. The molecule has 3 aromatic rings. The number of carbonyl (C=O) groups is 2. The summed E-state index contributed by atoms with van der Waals surface area (Å²) in [5.41, 5.74) is 0.536. The molecule has 8 nitrogen and oxygen atoms in total. The third-order valence-corrected chi connectivity index (χ3v) is 6.37. The van der Waals surface area contributed by atoms with Crippen LogP contribution in [0.4, 0.5) is 13.2 Å². The predicted molar refractivity (Wildman–Crippen MR) is 116 cm³/mol. The third-order valence-electron chi connectivity index (χ3n) is 6.04. The van der Waals surface area contributed by atoms with Crippen LogP contribution < -0.4 is 5.32 Å². The number of nitrogens with zero attached hydrogens (tertiary/aromatic N) is 3. The molecule has 2 unspecified atom stereocenters. The molecule has 1 saturated heterocycles. The second-order valence-corrected chi connectivity index (χ2v) is 8.56. The number of rotatable bonds is 5. The molecule has 5 rings (SSSR count). The molecule has 1 fully saturated rings. The Morgan fingerprint density at radius 1 is 1.23 bits per heavy atom. The number of hydrogen-bond donors (Lipinski definition) is 1. The van der Waals surface area contributed by atoms with Gasteiger partial charge < -0.3 is 19.4 Å². The monoisotopic (exact) mass is 506 g/mol. The van der Waals surface area contributed by atoms with Crippen LogP contribution in [0.5, 0.6) is 0 Å². The molecular formula is C23H18ClF3N4O4. The molecular weight excluding hydrogens is 489 g/mol. The van der Waals surface area contributed by atoms with Crippen LogP contribution in [0.3, 0.4) is 0 Å². The zero-order valence-corrected chi connectivity index (χ0v) is 18.8. The first-order valence-corrected chi connectivity index (χ1v) is 11.1. The Labute approximate surface area is 202 Å². The number of alkyl halides is 2. The second-order valence-electron chi connectivity index (χ2n) is 8.15. The van der Waals surface area contributed by atoms with Crippen molar-refractivity contribution >= 4 is 23.4 Å². The minimum absolute atomic E-state index is 0.0183. The number of fused-ring (bicyclic) bond motifs is 1. The van der Waals surface area contributed by atoms with Crippen molar-refractivity contribution in [2.75, 3.05) is 13.2 Å². The van der Waals surface area contributed by atoms with Gasteiger partial charge in [-0.05, 0) is 30.7 Å². The van der Waals surface area contributed by atoms with Crippen LogP contribution in [0.1, 0.15) is 45.0 Å². The maximum absolute atomic E-state index is 15.0. The van der Waals surface area contributed by atoms with Gasteiger partial charge >= 0.3 is 6.43 Å². The Bertz CT molecular complexity index is 1300. The first kappa shape index (κ1) is 23.3. The molecule has 2 amide bonds. The lowest BCUT2D eigenvalue weighted by Gasteiger charge is -2.38. The van der Waals surface area contributed by atoms with Crippen LogP contribution in [-0.2, 0) is 11.3 Å². The quantitative estimate of drug-likeness (QED) is 0.561. The molecule has 0 aliphatic carbocycles. The summed E-state index contributed by atoms with van der Waals surface area (Å²) < 4.78 is 51.0. The number of aromatic nitrogens is 2. The van der Waals surface area contributed by atoms with E-state index in [1.54, 1.807) is 24.3 Å². The highest BCUT2D eigenvalue weighted by Gasteiger charge is 2.40. The van der Waals surface area contributed by atoms with Gasteiger partial charge in [-0.15, -0.1) is 10.2 Å². The van der Waals surface area contributed by atoms with Gasteiger partial charge in [0.2, 0.25) is 5.89 Å². The van der Waals surface area contributed by atoms with Crippen LogP contribution in [0.25, 0.3) is 11.5 Å². The highest BCUT2D eigenvalue weighted by molar-refractivity contribution is 6.33. The van der Waals surface area contributed by atoms with Crippen molar-refractivity contribution in [2.24, 2.45) is 0 Å². The lowest BCUT2D eigenvalue weighted by molar-refractivity contribution is 0.00836. The van der Waals surface area contributed by atoms with Crippen LogP contribution in [0.15, 0.2) is 40.8 Å². The van der Waals surface area contributed by atoms with Gasteiger partial charge in [-0.25, -0.2) is 4.39 Å². The van der Waals surface area contributed by atoms with Gasteiger partial charge in [-0.1, -0.05) is 23.7 Å². The van der Waals surface area contributed by atoms with Crippen LogP contribution in [0.2, 0.25) is 5.02 Å². The topological polar surface area (TPSA) is 97.6 Å². The summed E-state index contributed by atoms with van der Waals surface area (Å²) >= 11 is 6.13. The normalized spacial score (nSPS) is 19.8. The molecule has 0 spiro atoms. The van der Waals surface area contributed by atoms with E-state index in [-0.39, 0.29) is 46.3 Å². The smallest absolute Gasteiger partial charge is 0.314 e. The summed E-state index contributed by atoms with van der Waals surface area (Å²) in [5.74, 6) is -2.79. The van der Waals surface area contributed by atoms with E-state index in [4.69, 9.17) is 20.8 Å². The van der Waals surface area contributed by atoms with Crippen molar-refractivity contribution in [2.45, 2.75) is 31.5 Å². The molecule has 3 heterocycles. The van der Waals surface area contributed by atoms with Crippen LogP contribution in [0, 0.1) is 5.82 Å². The number of nitrogens with one attached hydrogen (secondary N) is 1. The van der Waals surface area contributed by atoms with Crippen molar-refractivity contribution in [1.82, 2.24) is 20.4 Å². The Morgan fingerprint density at radius 3 is 2.77 bits per heavy atom. The van der Waals surface area contributed by atoms with E-state index in [2.05, 4.69) is 15.5 Å². The molecule has 12 heteroatoms. The standard InChI is InChI=1S/C23H18ClF3N4O4/c24-15-4-2-1-3-12(15)20(32)28-17-10-34-6-5-18(17)31-9-14-13(23(31)33)7-11(8-16(14)25)21-29-30-22(35-21)19(26)27/h1-4,7-8,17-19H,5-6,9-10H2,(H,28,32). The van der Waals surface area contributed by atoms with E-state index in [0.29, 0.717) is 13.0 Å². The summed E-state index contributed by atoms with van der Waals surface area (Å²) in [6.07, 6.45) is -2.55. The molecule has 2 atom stereocenters. The first-order valence-electron chi connectivity index (χ1n) is 10.7. The Morgan fingerprint density at radius 2 is 2.03 bits per heavy atom. The van der Waals surface area contributed by atoms with Crippen LogP contribution in [-0.4, -0.2) is 52.2 Å². The number of halogens is 4. The Hall–Kier alpha value is -3.44. The van der Waals surface area contributed by atoms with E-state index >= 15 is 0 Å². The van der Waals surface area contributed by atoms with Crippen molar-refractivity contribution in [3.05, 3.63) is 69.8 Å². The van der Waals surface area contributed by atoms with Gasteiger partial charge in [0.05, 0.1) is 35.8 Å². The molecule has 2 aliphatic heterocycles. The summed E-state index contributed by atoms with van der Waals surface area (Å²) in [4.78, 5) is 27.6. The zero-order valence-electron chi connectivity index (χ0n) is 18.0. The molecule has 0 radical (unpaired) electrons. The fourth-order valence-corrected chi connectivity index (χ4v) is 4.57. The predicted octanol–water partition coefficient (Wildman–Crippen LogP) is 4.01. The zero-order chi connectivity index (χ0) is 24.7. The molecule has 2 aromatic carbocycles. The molecule has 1 N–H and O–H groups in total. The van der Waals surface area contributed by atoms with Crippen molar-refractivity contribution in [3.63, 3.8) is 0 Å². The maximum atomic E-state index is 15.0. The summed E-state index contributed by atoms with van der Waals surface area (Å²) in [6, 6.07) is 7.96. The van der Waals surface area contributed by atoms with E-state index in [1.165, 1.54) is 11.0 Å². The first-order chi connectivity index (χ1) is 16.8. The molecule has 1 aromatic heterocycles. The minimum atomic E-state index is -2.97. The summed E-state index contributed by atoms with van der Waals surface area (Å²) in [5, 5.41) is 9.93. The number of benzene rings is 2. The lowest BCUT2D eigenvalue weighted by atomic mass is 10.0. The lowest BCUT2D eigenvalue weighted by Crippen LogP contribution is -2.56. The highest BCUT2D eigenvalue weighted by atomic mass is 35.5. The Balaban J connectivity index is 1.39. The minimum Gasteiger partial charge on any atom is -0.415 e. The SMILES string of the molecule is O=C(NC1COCCC1N1Cc2c(F)cc(-c3nnc(C(F)F)o3)cc2C1=O)c1ccccc1Cl. The number of hydrogen-bond acceptors (Lipinski definition) is 6. The molecule has 0 bridgehead atoms. The van der Waals surface area contributed by atoms with E-state index in [0.717, 1.165) is 6.07 Å². The third kappa shape index (κ3) is 4.37. The maximum Gasteiger partial charge on any atom is 0.314 e. The van der Waals surface area contributed by atoms with E-state index in [9.17, 15) is 22.8 Å². The summed E-state index contributed by atoms with van der Waals surface area (Å²) in [6.45, 7) is 0.498. The van der Waals surface area contributed by atoms with Crippen molar-refractivity contribution in [3.8, 4) is 11.5 Å². The fourth-order valence-electron chi connectivity index (χ4n) is 4.34. The average Bonchev–Trinajstić information content (AvgIpc) is 3.46. The van der Waals surface area contributed by atoms with E-state index in [1.807, 2.05) is 0 Å². The van der Waals surface area contributed by atoms with Gasteiger partial charge in [0.1, 0.15) is 5.82 Å². The van der Waals surface area contributed by atoms with Gasteiger partial charge in [-0.2, -0.15) is 8.78 Å². The van der Waals surface area contributed by atoms with Crippen LogP contribution >= 0.6 is 11.6 Å². The number of amides is 2.